The molecule has 5 heteroatoms. The fourth-order valence-corrected chi connectivity index (χ4v) is 1.75. The summed E-state index contributed by atoms with van der Waals surface area (Å²) in [6.45, 7) is 3.29. The van der Waals surface area contributed by atoms with Crippen molar-refractivity contribution < 1.29 is 9.53 Å². The molecule has 1 rings (SSSR count). The Hall–Kier alpha value is -1.26. The van der Waals surface area contributed by atoms with Crippen LogP contribution in [0, 0.1) is 0 Å². The maximum Gasteiger partial charge on any atom is 0.220 e. The SMILES string of the molecule is COc1cccc(C(C)CC(=O)NCCCN)c1.Cl. The van der Waals surface area contributed by atoms with Gasteiger partial charge in [0.05, 0.1) is 7.11 Å². The van der Waals surface area contributed by atoms with Crippen molar-refractivity contribution in [3.63, 3.8) is 0 Å². The first-order valence-electron chi connectivity index (χ1n) is 6.28. The van der Waals surface area contributed by atoms with E-state index in [-0.39, 0.29) is 24.2 Å². The van der Waals surface area contributed by atoms with Crippen LogP contribution < -0.4 is 15.8 Å². The molecule has 0 bridgehead atoms. The molecule has 1 aromatic carbocycles. The molecule has 108 valence electrons. The maximum absolute atomic E-state index is 11.7. The molecule has 0 fully saturated rings. The van der Waals surface area contributed by atoms with Gasteiger partial charge in [-0.25, -0.2) is 0 Å². The van der Waals surface area contributed by atoms with E-state index in [1.807, 2.05) is 31.2 Å². The van der Waals surface area contributed by atoms with Crippen LogP contribution in [0.4, 0.5) is 0 Å². The molecule has 0 saturated heterocycles. The van der Waals surface area contributed by atoms with Gasteiger partial charge in [-0.1, -0.05) is 19.1 Å². The van der Waals surface area contributed by atoms with Crippen LogP contribution in [-0.4, -0.2) is 26.1 Å². The molecule has 0 aliphatic carbocycles. The lowest BCUT2D eigenvalue weighted by atomic mass is 9.97. The number of carbonyl (C=O) groups excluding carboxylic acids is 1. The average Bonchev–Trinajstić information content (AvgIpc) is 2.39. The summed E-state index contributed by atoms with van der Waals surface area (Å²) in [5, 5.41) is 2.86. The molecule has 0 aliphatic rings. The summed E-state index contributed by atoms with van der Waals surface area (Å²) in [4.78, 5) is 11.7. The summed E-state index contributed by atoms with van der Waals surface area (Å²) >= 11 is 0. The summed E-state index contributed by atoms with van der Waals surface area (Å²) in [6, 6.07) is 7.83. The molecular weight excluding hydrogens is 264 g/mol. The first-order chi connectivity index (χ1) is 8.67. The fraction of sp³-hybridized carbons (Fsp3) is 0.500. The number of nitrogens with one attached hydrogen (secondary N) is 1. The average molecular weight is 287 g/mol. The van der Waals surface area contributed by atoms with Gasteiger partial charge in [0.2, 0.25) is 5.91 Å². The predicted octanol–water partition coefficient (Wildman–Crippen LogP) is 2.08. The molecule has 0 heterocycles. The first kappa shape index (κ1) is 17.7. The Balaban J connectivity index is 0.00000324. The number of rotatable bonds is 7. The van der Waals surface area contributed by atoms with Crippen molar-refractivity contribution in [1.29, 1.82) is 0 Å². The van der Waals surface area contributed by atoms with E-state index in [1.165, 1.54) is 0 Å². The highest BCUT2D eigenvalue weighted by molar-refractivity contribution is 5.85. The highest BCUT2D eigenvalue weighted by Gasteiger charge is 2.11. The second kappa shape index (κ2) is 9.64. The van der Waals surface area contributed by atoms with Crippen LogP contribution in [0.1, 0.15) is 31.2 Å². The number of nitrogens with two attached hydrogens (primary N) is 1. The van der Waals surface area contributed by atoms with Crippen LogP contribution in [-0.2, 0) is 4.79 Å². The minimum Gasteiger partial charge on any atom is -0.497 e. The number of ether oxygens (including phenoxy) is 1. The van der Waals surface area contributed by atoms with E-state index in [2.05, 4.69) is 5.32 Å². The number of halogens is 1. The molecule has 0 saturated carbocycles. The molecule has 0 spiro atoms. The Bertz CT molecular complexity index is 385. The van der Waals surface area contributed by atoms with Gasteiger partial charge < -0.3 is 15.8 Å². The van der Waals surface area contributed by atoms with Crippen LogP contribution in [0.5, 0.6) is 5.75 Å². The minimum absolute atomic E-state index is 0. The Morgan fingerprint density at radius 1 is 1.47 bits per heavy atom. The van der Waals surface area contributed by atoms with E-state index in [0.717, 1.165) is 17.7 Å². The predicted molar refractivity (Wildman–Crippen MR) is 80.0 cm³/mol. The summed E-state index contributed by atoms with van der Waals surface area (Å²) in [6.07, 6.45) is 1.30. The van der Waals surface area contributed by atoms with Gasteiger partial charge in [-0.15, -0.1) is 12.4 Å². The molecule has 19 heavy (non-hydrogen) atoms. The van der Waals surface area contributed by atoms with Gasteiger partial charge in [0.25, 0.3) is 0 Å². The maximum atomic E-state index is 11.7. The lowest BCUT2D eigenvalue weighted by molar-refractivity contribution is -0.121. The largest absolute Gasteiger partial charge is 0.497 e. The third kappa shape index (κ3) is 6.45. The van der Waals surface area contributed by atoms with E-state index in [1.54, 1.807) is 7.11 Å². The van der Waals surface area contributed by atoms with Crippen LogP contribution in [0.2, 0.25) is 0 Å². The van der Waals surface area contributed by atoms with Gasteiger partial charge in [0, 0.05) is 13.0 Å². The van der Waals surface area contributed by atoms with Crippen molar-refractivity contribution in [1.82, 2.24) is 5.32 Å². The minimum atomic E-state index is 0. The van der Waals surface area contributed by atoms with Gasteiger partial charge in [-0.05, 0) is 36.6 Å². The second-order valence-electron chi connectivity index (χ2n) is 4.37. The van der Waals surface area contributed by atoms with Crippen LogP contribution in [0.15, 0.2) is 24.3 Å². The highest BCUT2D eigenvalue weighted by Crippen LogP contribution is 2.22. The van der Waals surface area contributed by atoms with Gasteiger partial charge in [0.15, 0.2) is 0 Å². The zero-order chi connectivity index (χ0) is 13.4. The monoisotopic (exact) mass is 286 g/mol. The number of benzene rings is 1. The third-order valence-corrected chi connectivity index (χ3v) is 2.86. The van der Waals surface area contributed by atoms with Gasteiger partial charge in [-0.2, -0.15) is 0 Å². The number of carbonyl (C=O) groups is 1. The molecule has 3 N–H and O–H groups in total. The van der Waals surface area contributed by atoms with E-state index in [0.29, 0.717) is 19.5 Å². The molecule has 0 aliphatic heterocycles. The molecule has 0 aromatic heterocycles. The molecule has 4 nitrogen and oxygen atoms in total. The molecular formula is C14H23ClN2O2. The lowest BCUT2D eigenvalue weighted by Gasteiger charge is -2.13. The summed E-state index contributed by atoms with van der Waals surface area (Å²) in [5.41, 5.74) is 6.49. The van der Waals surface area contributed by atoms with Gasteiger partial charge >= 0.3 is 0 Å². The third-order valence-electron chi connectivity index (χ3n) is 2.86. The zero-order valence-electron chi connectivity index (χ0n) is 11.5. The number of methoxy groups -OCH3 is 1. The van der Waals surface area contributed by atoms with E-state index < -0.39 is 0 Å². The topological polar surface area (TPSA) is 64.3 Å². The zero-order valence-corrected chi connectivity index (χ0v) is 12.3. The smallest absolute Gasteiger partial charge is 0.220 e. The van der Waals surface area contributed by atoms with E-state index in [9.17, 15) is 4.79 Å². The summed E-state index contributed by atoms with van der Waals surface area (Å²) in [7, 11) is 1.64. The first-order valence-corrected chi connectivity index (χ1v) is 6.28. The van der Waals surface area contributed by atoms with Gasteiger partial charge in [0.1, 0.15) is 5.75 Å². The second-order valence-corrected chi connectivity index (χ2v) is 4.37. The Morgan fingerprint density at radius 3 is 2.84 bits per heavy atom. The lowest BCUT2D eigenvalue weighted by Crippen LogP contribution is -2.26. The van der Waals surface area contributed by atoms with E-state index in [4.69, 9.17) is 10.5 Å². The van der Waals surface area contributed by atoms with Gasteiger partial charge in [-0.3, -0.25) is 4.79 Å². The fourth-order valence-electron chi connectivity index (χ4n) is 1.75. The standard InChI is InChI=1S/C14H22N2O2.ClH/c1-11(9-14(17)16-8-4-7-15)12-5-3-6-13(10-12)18-2;/h3,5-6,10-11H,4,7-9,15H2,1-2H3,(H,16,17);1H. The Labute approximate surface area is 121 Å². The normalized spacial score (nSPS) is 11.3. The van der Waals surface area contributed by atoms with E-state index >= 15 is 0 Å². The van der Waals surface area contributed by atoms with Crippen molar-refractivity contribution in [3.05, 3.63) is 29.8 Å². The van der Waals surface area contributed by atoms with Crippen LogP contribution in [0.25, 0.3) is 0 Å². The number of hydrogen-bond acceptors (Lipinski definition) is 3. The summed E-state index contributed by atoms with van der Waals surface area (Å²) < 4.78 is 5.17. The molecule has 1 unspecified atom stereocenters. The number of hydrogen-bond donors (Lipinski definition) is 2. The molecule has 1 amide bonds. The molecule has 1 atom stereocenters. The Morgan fingerprint density at radius 2 is 2.21 bits per heavy atom. The molecule has 0 radical (unpaired) electrons. The molecule has 1 aromatic rings. The summed E-state index contributed by atoms with van der Waals surface area (Å²) in [5.74, 6) is 1.07. The van der Waals surface area contributed by atoms with Crippen molar-refractivity contribution >= 4 is 18.3 Å². The van der Waals surface area contributed by atoms with Crippen molar-refractivity contribution in [2.75, 3.05) is 20.2 Å². The van der Waals surface area contributed by atoms with Crippen molar-refractivity contribution in [2.24, 2.45) is 5.73 Å². The van der Waals surface area contributed by atoms with Crippen LogP contribution >= 0.6 is 12.4 Å². The van der Waals surface area contributed by atoms with Crippen molar-refractivity contribution in [3.8, 4) is 5.75 Å². The van der Waals surface area contributed by atoms with Crippen molar-refractivity contribution in [2.45, 2.75) is 25.7 Å². The number of amides is 1. The Kier molecular flexibility index (Phi) is 9.00. The highest BCUT2D eigenvalue weighted by atomic mass is 35.5. The quantitative estimate of drug-likeness (QED) is 0.754. The van der Waals surface area contributed by atoms with Crippen LogP contribution in [0.3, 0.4) is 0 Å².